The lowest BCUT2D eigenvalue weighted by Gasteiger charge is -2.07. The fourth-order valence-corrected chi connectivity index (χ4v) is 1.66. The van der Waals surface area contributed by atoms with Gasteiger partial charge in [0.05, 0.1) is 25.5 Å². The van der Waals surface area contributed by atoms with Crippen molar-refractivity contribution in [1.29, 1.82) is 5.26 Å². The van der Waals surface area contributed by atoms with Crippen LogP contribution < -0.4 is 0 Å². The molecular weight excluding hydrogens is 270 g/mol. The summed E-state index contributed by atoms with van der Waals surface area (Å²) in [4.78, 5) is 22.9. The Balaban J connectivity index is 3.62. The Labute approximate surface area is 126 Å². The molecule has 21 heavy (non-hydrogen) atoms. The Morgan fingerprint density at radius 3 is 2.38 bits per heavy atom. The van der Waals surface area contributed by atoms with Crippen molar-refractivity contribution in [2.24, 2.45) is 0 Å². The standard InChI is InChI=1S/C16H25NO4/c1-3-4-5-6-7-8-11-20-15(18)13-14(2)16(19)21-12-9-10-17/h2-9,11-13H2,1H3. The molecule has 0 radical (unpaired) electrons. The summed E-state index contributed by atoms with van der Waals surface area (Å²) in [5.41, 5.74) is 0.0564. The third-order valence-corrected chi connectivity index (χ3v) is 2.85. The molecule has 0 saturated heterocycles. The van der Waals surface area contributed by atoms with Crippen molar-refractivity contribution in [3.63, 3.8) is 0 Å². The second-order valence-corrected chi connectivity index (χ2v) is 4.81. The number of rotatable bonds is 12. The number of carbonyl (C=O) groups is 2. The smallest absolute Gasteiger partial charge is 0.334 e. The molecule has 0 aromatic heterocycles. The van der Waals surface area contributed by atoms with Gasteiger partial charge in [0.1, 0.15) is 6.61 Å². The van der Waals surface area contributed by atoms with Gasteiger partial charge in [0.2, 0.25) is 0 Å². The van der Waals surface area contributed by atoms with Crippen molar-refractivity contribution in [3.8, 4) is 6.07 Å². The van der Waals surface area contributed by atoms with Gasteiger partial charge in [-0.15, -0.1) is 0 Å². The highest BCUT2D eigenvalue weighted by Crippen LogP contribution is 2.07. The van der Waals surface area contributed by atoms with Crippen LogP contribution in [-0.2, 0) is 19.1 Å². The van der Waals surface area contributed by atoms with Gasteiger partial charge in [-0.25, -0.2) is 4.79 Å². The topological polar surface area (TPSA) is 76.4 Å². The predicted octanol–water partition coefficient (Wildman–Crippen LogP) is 3.29. The largest absolute Gasteiger partial charge is 0.465 e. The van der Waals surface area contributed by atoms with Crippen LogP contribution in [0.1, 0.15) is 58.3 Å². The lowest BCUT2D eigenvalue weighted by Crippen LogP contribution is -2.13. The number of esters is 2. The van der Waals surface area contributed by atoms with E-state index in [2.05, 4.69) is 13.5 Å². The normalized spacial score (nSPS) is 9.71. The fraction of sp³-hybridized carbons (Fsp3) is 0.688. The predicted molar refractivity (Wildman–Crippen MR) is 79.3 cm³/mol. The summed E-state index contributed by atoms with van der Waals surface area (Å²) in [7, 11) is 0. The molecule has 0 aliphatic carbocycles. The maximum Gasteiger partial charge on any atom is 0.334 e. The molecule has 5 heteroatoms. The zero-order chi connectivity index (χ0) is 15.9. The maximum absolute atomic E-state index is 11.5. The molecule has 0 bridgehead atoms. The Hall–Kier alpha value is -1.83. The summed E-state index contributed by atoms with van der Waals surface area (Å²) in [6.07, 6.45) is 6.68. The molecule has 0 N–H and O–H groups in total. The van der Waals surface area contributed by atoms with Crippen LogP contribution in [0.2, 0.25) is 0 Å². The van der Waals surface area contributed by atoms with Crippen molar-refractivity contribution >= 4 is 11.9 Å². The van der Waals surface area contributed by atoms with E-state index in [4.69, 9.17) is 14.7 Å². The summed E-state index contributed by atoms with van der Waals surface area (Å²) in [6, 6.07) is 1.86. The highest BCUT2D eigenvalue weighted by atomic mass is 16.5. The highest BCUT2D eigenvalue weighted by Gasteiger charge is 2.13. The van der Waals surface area contributed by atoms with Crippen LogP contribution in [0.15, 0.2) is 12.2 Å². The lowest BCUT2D eigenvalue weighted by atomic mass is 10.1. The van der Waals surface area contributed by atoms with E-state index in [0.717, 1.165) is 19.3 Å². The Morgan fingerprint density at radius 2 is 1.71 bits per heavy atom. The Morgan fingerprint density at radius 1 is 1.05 bits per heavy atom. The zero-order valence-electron chi connectivity index (χ0n) is 12.9. The van der Waals surface area contributed by atoms with Crippen LogP contribution in [0.5, 0.6) is 0 Å². The number of hydrogen-bond acceptors (Lipinski definition) is 5. The van der Waals surface area contributed by atoms with E-state index in [9.17, 15) is 9.59 Å². The molecule has 0 unspecified atom stereocenters. The van der Waals surface area contributed by atoms with Crippen molar-refractivity contribution in [2.75, 3.05) is 13.2 Å². The van der Waals surface area contributed by atoms with E-state index in [1.54, 1.807) is 0 Å². The van der Waals surface area contributed by atoms with E-state index in [1.165, 1.54) is 19.3 Å². The number of unbranched alkanes of at least 4 members (excludes halogenated alkanes) is 5. The molecule has 0 spiro atoms. The first-order chi connectivity index (χ1) is 10.1. The molecule has 118 valence electrons. The van der Waals surface area contributed by atoms with Crippen molar-refractivity contribution < 1.29 is 19.1 Å². The average molecular weight is 295 g/mol. The molecule has 0 aliphatic heterocycles. The Bertz CT molecular complexity index is 371. The Kier molecular flexibility index (Phi) is 12.0. The minimum absolute atomic E-state index is 0.0150. The van der Waals surface area contributed by atoms with Gasteiger partial charge in [-0.1, -0.05) is 45.6 Å². The third kappa shape index (κ3) is 11.7. The fourth-order valence-electron chi connectivity index (χ4n) is 1.66. The van der Waals surface area contributed by atoms with Crippen LogP contribution in [0.25, 0.3) is 0 Å². The molecule has 0 atom stereocenters. The van der Waals surface area contributed by atoms with Crippen LogP contribution in [-0.4, -0.2) is 25.2 Å². The molecule has 0 rings (SSSR count). The first-order valence-corrected chi connectivity index (χ1v) is 7.49. The molecule has 0 aromatic carbocycles. The summed E-state index contributed by atoms with van der Waals surface area (Å²) in [5.74, 6) is -1.12. The van der Waals surface area contributed by atoms with Crippen molar-refractivity contribution in [3.05, 3.63) is 12.2 Å². The summed E-state index contributed by atoms with van der Waals surface area (Å²) in [6.45, 7) is 6.05. The first kappa shape index (κ1) is 19.2. The molecule has 0 saturated carbocycles. The maximum atomic E-state index is 11.5. The number of ether oxygens (including phenoxy) is 2. The second kappa shape index (κ2) is 13.2. The van der Waals surface area contributed by atoms with E-state index >= 15 is 0 Å². The number of nitrogens with zero attached hydrogens (tertiary/aromatic N) is 1. The van der Waals surface area contributed by atoms with Gasteiger partial charge < -0.3 is 9.47 Å². The van der Waals surface area contributed by atoms with Crippen LogP contribution in [0.3, 0.4) is 0 Å². The lowest BCUT2D eigenvalue weighted by molar-refractivity contribution is -0.146. The van der Waals surface area contributed by atoms with Crippen LogP contribution in [0, 0.1) is 11.3 Å². The number of nitriles is 1. The minimum atomic E-state index is -0.651. The SMILES string of the molecule is C=C(CC(=O)OCCCCCCCC)C(=O)OCCC#N. The van der Waals surface area contributed by atoms with Gasteiger partial charge in [-0.3, -0.25) is 4.79 Å². The molecule has 0 heterocycles. The van der Waals surface area contributed by atoms with Gasteiger partial charge in [0.15, 0.2) is 0 Å². The van der Waals surface area contributed by atoms with Crippen LogP contribution in [0.4, 0.5) is 0 Å². The van der Waals surface area contributed by atoms with E-state index < -0.39 is 11.9 Å². The molecular formula is C16H25NO4. The highest BCUT2D eigenvalue weighted by molar-refractivity contribution is 5.93. The van der Waals surface area contributed by atoms with E-state index in [0.29, 0.717) is 6.61 Å². The molecule has 5 nitrogen and oxygen atoms in total. The molecule has 0 aliphatic rings. The van der Waals surface area contributed by atoms with Gasteiger partial charge in [-0.05, 0) is 6.42 Å². The van der Waals surface area contributed by atoms with E-state index in [-0.39, 0.29) is 25.0 Å². The monoisotopic (exact) mass is 295 g/mol. The average Bonchev–Trinajstić information content (AvgIpc) is 2.46. The van der Waals surface area contributed by atoms with Gasteiger partial charge >= 0.3 is 11.9 Å². The molecule has 0 fully saturated rings. The molecule has 0 aromatic rings. The minimum Gasteiger partial charge on any atom is -0.465 e. The van der Waals surface area contributed by atoms with Crippen molar-refractivity contribution in [1.82, 2.24) is 0 Å². The zero-order valence-corrected chi connectivity index (χ0v) is 12.9. The third-order valence-electron chi connectivity index (χ3n) is 2.85. The van der Waals surface area contributed by atoms with Gasteiger partial charge in [0, 0.05) is 5.57 Å². The van der Waals surface area contributed by atoms with E-state index in [1.807, 2.05) is 6.07 Å². The summed E-state index contributed by atoms with van der Waals surface area (Å²) in [5, 5.41) is 8.31. The molecule has 0 amide bonds. The van der Waals surface area contributed by atoms with Gasteiger partial charge in [0.25, 0.3) is 0 Å². The summed E-state index contributed by atoms with van der Waals surface area (Å²) < 4.78 is 9.79. The van der Waals surface area contributed by atoms with Crippen molar-refractivity contribution in [2.45, 2.75) is 58.3 Å². The quantitative estimate of drug-likeness (QED) is 0.314. The first-order valence-electron chi connectivity index (χ1n) is 7.49. The second-order valence-electron chi connectivity index (χ2n) is 4.81. The number of carbonyl (C=O) groups excluding carboxylic acids is 2. The van der Waals surface area contributed by atoms with Crippen LogP contribution >= 0.6 is 0 Å². The van der Waals surface area contributed by atoms with Gasteiger partial charge in [-0.2, -0.15) is 5.26 Å². The summed E-state index contributed by atoms with van der Waals surface area (Å²) >= 11 is 0. The number of hydrogen-bond donors (Lipinski definition) is 0.